The molecule has 3 nitrogen and oxygen atoms in total. The van der Waals surface area contributed by atoms with Crippen LogP contribution in [0.5, 0.6) is 0 Å². The van der Waals surface area contributed by atoms with Crippen molar-refractivity contribution in [3.8, 4) is 23.3 Å². The first-order chi connectivity index (χ1) is 19.7. The van der Waals surface area contributed by atoms with Crippen LogP contribution in [0.4, 0.5) is 0 Å². The van der Waals surface area contributed by atoms with Crippen molar-refractivity contribution in [1.82, 2.24) is 0 Å². The van der Waals surface area contributed by atoms with E-state index in [1.165, 1.54) is 28.5 Å². The molecule has 0 bridgehead atoms. The molecule has 0 atom stereocenters. The molecule has 0 amide bonds. The van der Waals surface area contributed by atoms with Crippen molar-refractivity contribution in [3.05, 3.63) is 168 Å². The van der Waals surface area contributed by atoms with E-state index in [-0.39, 0.29) is 0 Å². The van der Waals surface area contributed by atoms with Crippen molar-refractivity contribution in [2.75, 3.05) is 0 Å². The number of fused-ring (bicyclic) bond motifs is 3. The molecular formula is C37H29N3. The fourth-order valence-corrected chi connectivity index (χ4v) is 5.87. The van der Waals surface area contributed by atoms with E-state index in [1.54, 1.807) is 0 Å². The van der Waals surface area contributed by atoms with Gasteiger partial charge in [-0.2, -0.15) is 10.5 Å². The van der Waals surface area contributed by atoms with Crippen molar-refractivity contribution in [3.63, 3.8) is 0 Å². The van der Waals surface area contributed by atoms with Crippen LogP contribution in [0.1, 0.15) is 46.2 Å². The molecule has 0 fully saturated rings. The average Bonchev–Trinajstić information content (AvgIpc) is 3.30. The molecule has 0 heterocycles. The molecule has 0 unspecified atom stereocenters. The van der Waals surface area contributed by atoms with E-state index >= 15 is 0 Å². The number of hydrogen-bond acceptors (Lipinski definition) is 3. The zero-order chi connectivity index (χ0) is 28.0. The molecule has 2 N–H and O–H groups in total. The number of nitrogens with zero attached hydrogens (tertiary/aromatic N) is 2. The third-order valence-electron chi connectivity index (χ3n) is 7.54. The van der Waals surface area contributed by atoms with Crippen LogP contribution in [0.15, 0.2) is 134 Å². The Hall–Kier alpha value is -5.38. The molecule has 0 radical (unpaired) electrons. The Labute approximate surface area is 236 Å². The van der Waals surface area contributed by atoms with Gasteiger partial charge < -0.3 is 5.73 Å². The maximum atomic E-state index is 9.22. The minimum Gasteiger partial charge on any atom is -0.405 e. The monoisotopic (exact) mass is 515 g/mol. The number of benzene rings is 4. The number of allylic oxidation sites excluding steroid dienone is 6. The summed E-state index contributed by atoms with van der Waals surface area (Å²) in [6.45, 7) is 4.01. The number of nitriles is 2. The summed E-state index contributed by atoms with van der Waals surface area (Å²) in [6, 6.07) is 38.8. The Morgan fingerprint density at radius 3 is 1.62 bits per heavy atom. The molecule has 40 heavy (non-hydrogen) atoms. The van der Waals surface area contributed by atoms with Crippen LogP contribution in [0.2, 0.25) is 0 Å². The summed E-state index contributed by atoms with van der Waals surface area (Å²) in [4.78, 5) is 0. The summed E-state index contributed by atoms with van der Waals surface area (Å²) in [5.41, 5.74) is 16.1. The van der Waals surface area contributed by atoms with E-state index in [9.17, 15) is 10.5 Å². The highest BCUT2D eigenvalue weighted by Gasteiger charge is 2.46. The molecule has 1 aliphatic carbocycles. The first kappa shape index (κ1) is 26.2. The van der Waals surface area contributed by atoms with E-state index in [0.29, 0.717) is 12.8 Å². The van der Waals surface area contributed by atoms with E-state index in [4.69, 9.17) is 5.73 Å². The van der Waals surface area contributed by atoms with E-state index in [0.717, 1.165) is 33.4 Å². The first-order valence-corrected chi connectivity index (χ1v) is 13.2. The Morgan fingerprint density at radius 1 is 0.700 bits per heavy atom. The molecule has 0 saturated heterocycles. The Morgan fingerprint density at radius 2 is 1.18 bits per heavy atom. The van der Waals surface area contributed by atoms with Gasteiger partial charge in [-0.25, -0.2) is 0 Å². The number of rotatable bonds is 8. The molecule has 0 aliphatic heterocycles. The van der Waals surface area contributed by atoms with Crippen LogP contribution in [-0.2, 0) is 5.41 Å². The SMILES string of the molecule is C=C/C(=C\CC#N)c1ccc2c(c1)-c1cc(C(/C=C\N)=C/CC#N)ccc1C2(c1ccccc1)c1ccccc1. The number of hydrogen-bond donors (Lipinski definition) is 1. The Kier molecular flexibility index (Phi) is 7.58. The molecule has 4 aromatic rings. The molecule has 0 aromatic heterocycles. The topological polar surface area (TPSA) is 73.6 Å². The van der Waals surface area contributed by atoms with E-state index in [1.807, 2.05) is 36.4 Å². The summed E-state index contributed by atoms with van der Waals surface area (Å²) < 4.78 is 0. The standard InChI is InChI=1S/C37H29N3/c1-2-27(11-9-22-38)29-17-19-35-33(25-29)34-26-30(28(21-24-40)12-10-23-39)18-20-36(34)37(35,31-13-5-3-6-14-31)32-15-7-4-8-16-32/h2-8,11-21,24-26H,1,9-10,40H2/b24-21-,27-11+,28-12+. The van der Waals surface area contributed by atoms with Crippen molar-refractivity contribution in [1.29, 1.82) is 10.5 Å². The Bertz CT molecular complexity index is 1690. The maximum Gasteiger partial charge on any atom is 0.0713 e. The summed E-state index contributed by atoms with van der Waals surface area (Å²) in [6.07, 6.45) is 9.58. The van der Waals surface area contributed by atoms with Gasteiger partial charge in [0.15, 0.2) is 0 Å². The highest BCUT2D eigenvalue weighted by molar-refractivity contribution is 5.91. The molecular weight excluding hydrogens is 486 g/mol. The van der Waals surface area contributed by atoms with Gasteiger partial charge in [0, 0.05) is 0 Å². The van der Waals surface area contributed by atoms with Gasteiger partial charge in [-0.3, -0.25) is 0 Å². The predicted molar refractivity (Wildman–Crippen MR) is 164 cm³/mol. The first-order valence-electron chi connectivity index (χ1n) is 13.2. The summed E-state index contributed by atoms with van der Waals surface area (Å²) in [5.74, 6) is 0. The van der Waals surface area contributed by atoms with Crippen molar-refractivity contribution >= 4 is 11.1 Å². The fourth-order valence-electron chi connectivity index (χ4n) is 5.87. The minimum absolute atomic E-state index is 0.293. The molecule has 0 saturated carbocycles. The van der Waals surface area contributed by atoms with Crippen LogP contribution in [0.25, 0.3) is 22.3 Å². The smallest absolute Gasteiger partial charge is 0.0713 e. The van der Waals surface area contributed by atoms with Gasteiger partial charge >= 0.3 is 0 Å². The summed E-state index contributed by atoms with van der Waals surface area (Å²) in [5, 5.41) is 18.4. The molecule has 0 spiro atoms. The predicted octanol–water partition coefficient (Wildman–Crippen LogP) is 8.30. The lowest BCUT2D eigenvalue weighted by atomic mass is 9.67. The highest BCUT2D eigenvalue weighted by Crippen LogP contribution is 2.56. The summed E-state index contributed by atoms with van der Waals surface area (Å²) >= 11 is 0. The minimum atomic E-state index is -0.519. The third kappa shape index (κ3) is 4.45. The maximum absolute atomic E-state index is 9.22. The van der Waals surface area contributed by atoms with Gasteiger partial charge in [-0.05, 0) is 80.1 Å². The largest absolute Gasteiger partial charge is 0.405 e. The van der Waals surface area contributed by atoms with Crippen molar-refractivity contribution in [2.24, 2.45) is 5.73 Å². The van der Waals surface area contributed by atoms with Gasteiger partial charge in [-0.1, -0.05) is 110 Å². The lowest BCUT2D eigenvalue weighted by Crippen LogP contribution is -2.28. The molecule has 5 rings (SSSR count). The number of nitrogens with two attached hydrogens (primary N) is 1. The second kappa shape index (κ2) is 11.6. The highest BCUT2D eigenvalue weighted by atomic mass is 14.5. The normalized spacial score (nSPS) is 13.8. The Balaban J connectivity index is 1.87. The second-order valence-electron chi connectivity index (χ2n) is 9.61. The zero-order valence-corrected chi connectivity index (χ0v) is 22.2. The van der Waals surface area contributed by atoms with E-state index in [2.05, 4.69) is 104 Å². The molecule has 3 heteroatoms. The van der Waals surface area contributed by atoms with Gasteiger partial charge in [-0.15, -0.1) is 0 Å². The van der Waals surface area contributed by atoms with Gasteiger partial charge in [0.1, 0.15) is 0 Å². The van der Waals surface area contributed by atoms with Crippen molar-refractivity contribution < 1.29 is 0 Å². The van der Waals surface area contributed by atoms with Crippen LogP contribution in [0.3, 0.4) is 0 Å². The average molecular weight is 516 g/mol. The van der Waals surface area contributed by atoms with Crippen LogP contribution in [0, 0.1) is 22.7 Å². The summed E-state index contributed by atoms with van der Waals surface area (Å²) in [7, 11) is 0. The molecule has 192 valence electrons. The lowest BCUT2D eigenvalue weighted by molar-refractivity contribution is 0.768. The molecule has 4 aromatic carbocycles. The fraction of sp³-hybridized carbons (Fsp3) is 0.0811. The van der Waals surface area contributed by atoms with Gasteiger partial charge in [0.05, 0.1) is 30.4 Å². The van der Waals surface area contributed by atoms with E-state index < -0.39 is 5.41 Å². The van der Waals surface area contributed by atoms with Crippen LogP contribution < -0.4 is 5.73 Å². The lowest BCUT2D eigenvalue weighted by Gasteiger charge is -2.34. The zero-order valence-electron chi connectivity index (χ0n) is 22.2. The molecule has 1 aliphatic rings. The second-order valence-corrected chi connectivity index (χ2v) is 9.61. The van der Waals surface area contributed by atoms with Gasteiger partial charge in [0.25, 0.3) is 0 Å². The third-order valence-corrected chi connectivity index (χ3v) is 7.54. The van der Waals surface area contributed by atoms with Crippen LogP contribution in [-0.4, -0.2) is 0 Å². The van der Waals surface area contributed by atoms with Crippen LogP contribution >= 0.6 is 0 Å². The van der Waals surface area contributed by atoms with Gasteiger partial charge in [0.2, 0.25) is 0 Å². The quantitative estimate of drug-likeness (QED) is 0.211. The van der Waals surface area contributed by atoms with Crippen molar-refractivity contribution in [2.45, 2.75) is 18.3 Å².